The van der Waals surface area contributed by atoms with Crippen LogP contribution in [0.4, 0.5) is 8.78 Å². The average molecular weight is 330 g/mol. The Morgan fingerprint density at radius 3 is 2.90 bits per heavy atom. The highest BCUT2D eigenvalue weighted by Crippen LogP contribution is 2.24. The Bertz CT molecular complexity index is 607. The lowest BCUT2D eigenvalue weighted by Crippen LogP contribution is -2.01. The first-order valence-electron chi connectivity index (χ1n) is 6.58. The number of aromatic nitrogens is 3. The van der Waals surface area contributed by atoms with Crippen LogP contribution in [0.1, 0.15) is 42.5 Å². The molecule has 0 radical (unpaired) electrons. The number of thioether (sulfide) groups is 1. The van der Waals surface area contributed by atoms with Crippen LogP contribution in [0.5, 0.6) is 0 Å². The van der Waals surface area contributed by atoms with Crippen molar-refractivity contribution in [3.63, 3.8) is 0 Å². The molecular formula is C13H16F2N4S2. The molecule has 0 aliphatic heterocycles. The second-order valence-electron chi connectivity index (χ2n) is 4.37. The Balaban J connectivity index is 2.24. The molecule has 0 N–H and O–H groups in total. The monoisotopic (exact) mass is 330 g/mol. The predicted octanol–water partition coefficient (Wildman–Crippen LogP) is 4.36. The van der Waals surface area contributed by atoms with E-state index in [1.54, 1.807) is 6.21 Å². The van der Waals surface area contributed by atoms with Gasteiger partial charge in [0, 0.05) is 5.75 Å². The van der Waals surface area contributed by atoms with Gasteiger partial charge in [0.05, 0.1) is 11.1 Å². The van der Waals surface area contributed by atoms with E-state index in [0.29, 0.717) is 5.16 Å². The fourth-order valence-corrected chi connectivity index (χ4v) is 3.30. The van der Waals surface area contributed by atoms with E-state index in [4.69, 9.17) is 0 Å². The van der Waals surface area contributed by atoms with E-state index in [2.05, 4.69) is 22.2 Å². The molecule has 2 aromatic heterocycles. The Labute approximate surface area is 130 Å². The van der Waals surface area contributed by atoms with Gasteiger partial charge in [-0.3, -0.25) is 0 Å². The minimum absolute atomic E-state index is 0.407. The second kappa shape index (κ2) is 7.65. The van der Waals surface area contributed by atoms with Crippen LogP contribution in [0.2, 0.25) is 0 Å². The standard InChI is InChI=1S/C13H16F2N4S2/c1-3-4-6-21-13-18-17-12(11(14)15)19(13)16-8-10-9(2)5-7-20-10/h5,7-8,11H,3-4,6H2,1-2H3/b16-8-. The molecule has 2 heterocycles. The van der Waals surface area contributed by atoms with Gasteiger partial charge in [-0.25, -0.2) is 8.78 Å². The third-order valence-electron chi connectivity index (χ3n) is 2.75. The summed E-state index contributed by atoms with van der Waals surface area (Å²) in [7, 11) is 0. The van der Waals surface area contributed by atoms with Crippen molar-refractivity contribution >= 4 is 29.3 Å². The van der Waals surface area contributed by atoms with Crippen LogP contribution < -0.4 is 0 Å². The maximum atomic E-state index is 13.0. The molecule has 0 bridgehead atoms. The molecule has 0 aliphatic carbocycles. The Morgan fingerprint density at radius 1 is 1.48 bits per heavy atom. The van der Waals surface area contributed by atoms with Crippen molar-refractivity contribution in [1.29, 1.82) is 0 Å². The van der Waals surface area contributed by atoms with E-state index in [1.165, 1.54) is 23.1 Å². The molecule has 21 heavy (non-hydrogen) atoms. The van der Waals surface area contributed by atoms with Crippen LogP contribution in [0.15, 0.2) is 21.7 Å². The number of halogens is 2. The molecule has 0 unspecified atom stereocenters. The van der Waals surface area contributed by atoms with Crippen LogP contribution in [-0.2, 0) is 0 Å². The first-order valence-corrected chi connectivity index (χ1v) is 8.44. The first kappa shape index (κ1) is 16.1. The SMILES string of the molecule is CCCCSc1nnc(C(F)F)n1/N=C\c1sccc1C. The highest BCUT2D eigenvalue weighted by Gasteiger charge is 2.20. The number of hydrogen-bond acceptors (Lipinski definition) is 5. The van der Waals surface area contributed by atoms with E-state index in [1.807, 2.05) is 18.4 Å². The van der Waals surface area contributed by atoms with Crippen LogP contribution >= 0.6 is 23.1 Å². The van der Waals surface area contributed by atoms with Crippen molar-refractivity contribution in [1.82, 2.24) is 14.9 Å². The van der Waals surface area contributed by atoms with Crippen LogP contribution in [0.3, 0.4) is 0 Å². The number of nitrogens with zero attached hydrogens (tertiary/aromatic N) is 4. The predicted molar refractivity (Wildman–Crippen MR) is 82.7 cm³/mol. The van der Waals surface area contributed by atoms with Gasteiger partial charge in [-0.15, -0.1) is 21.5 Å². The van der Waals surface area contributed by atoms with E-state index < -0.39 is 12.2 Å². The van der Waals surface area contributed by atoms with Crippen molar-refractivity contribution < 1.29 is 8.78 Å². The van der Waals surface area contributed by atoms with Crippen LogP contribution in [0.25, 0.3) is 0 Å². The number of aryl methyl sites for hydroxylation is 1. The van der Waals surface area contributed by atoms with Crippen LogP contribution in [-0.4, -0.2) is 26.8 Å². The van der Waals surface area contributed by atoms with Crippen molar-refractivity contribution in [2.24, 2.45) is 5.10 Å². The Morgan fingerprint density at radius 2 is 2.29 bits per heavy atom. The molecule has 0 atom stereocenters. The molecule has 2 aromatic rings. The molecule has 0 aromatic carbocycles. The number of thiophene rings is 1. The molecule has 2 rings (SSSR count). The summed E-state index contributed by atoms with van der Waals surface area (Å²) in [5.74, 6) is 0.394. The summed E-state index contributed by atoms with van der Waals surface area (Å²) in [5.41, 5.74) is 1.07. The zero-order valence-electron chi connectivity index (χ0n) is 11.8. The van der Waals surface area contributed by atoms with Gasteiger partial charge in [0.25, 0.3) is 6.43 Å². The number of unbranched alkanes of at least 4 members (excludes halogenated alkanes) is 1. The van der Waals surface area contributed by atoms with Gasteiger partial charge >= 0.3 is 0 Å². The molecule has 0 aliphatic rings. The highest BCUT2D eigenvalue weighted by molar-refractivity contribution is 7.99. The number of hydrogen-bond donors (Lipinski definition) is 0. The van der Waals surface area contributed by atoms with Crippen molar-refractivity contribution in [2.75, 3.05) is 5.75 Å². The Kier molecular flexibility index (Phi) is 5.86. The zero-order chi connectivity index (χ0) is 15.2. The molecule has 0 amide bonds. The van der Waals surface area contributed by atoms with Crippen molar-refractivity contribution in [2.45, 2.75) is 38.3 Å². The molecule has 0 saturated heterocycles. The first-order chi connectivity index (χ1) is 10.1. The molecule has 0 fully saturated rings. The smallest absolute Gasteiger partial charge is 0.201 e. The largest absolute Gasteiger partial charge is 0.299 e. The fraction of sp³-hybridized carbons (Fsp3) is 0.462. The molecule has 0 spiro atoms. The maximum Gasteiger partial charge on any atom is 0.299 e. The number of alkyl halides is 2. The quantitative estimate of drug-likeness (QED) is 0.430. The summed E-state index contributed by atoms with van der Waals surface area (Å²) in [6, 6.07) is 1.96. The summed E-state index contributed by atoms with van der Waals surface area (Å²) in [4.78, 5) is 0.938. The van der Waals surface area contributed by atoms with Gasteiger partial charge in [-0.1, -0.05) is 25.1 Å². The summed E-state index contributed by atoms with van der Waals surface area (Å²) in [6.07, 6.45) is 0.925. The summed E-state index contributed by atoms with van der Waals surface area (Å²) in [5, 5.41) is 13.9. The summed E-state index contributed by atoms with van der Waals surface area (Å²) in [6.45, 7) is 4.03. The minimum atomic E-state index is -2.69. The van der Waals surface area contributed by atoms with Crippen LogP contribution in [0, 0.1) is 6.92 Å². The highest BCUT2D eigenvalue weighted by atomic mass is 32.2. The molecule has 114 valence electrons. The number of rotatable bonds is 7. The van der Waals surface area contributed by atoms with E-state index in [9.17, 15) is 8.78 Å². The average Bonchev–Trinajstić information content (AvgIpc) is 3.03. The van der Waals surface area contributed by atoms with Crippen molar-refractivity contribution in [3.05, 3.63) is 27.7 Å². The normalized spacial score (nSPS) is 11.9. The zero-order valence-corrected chi connectivity index (χ0v) is 13.4. The third-order valence-corrected chi connectivity index (χ3v) is 4.71. The van der Waals surface area contributed by atoms with Gasteiger partial charge in [0.2, 0.25) is 11.0 Å². The summed E-state index contributed by atoms with van der Waals surface area (Å²) < 4.78 is 27.1. The lowest BCUT2D eigenvalue weighted by atomic mass is 10.3. The third kappa shape index (κ3) is 4.10. The van der Waals surface area contributed by atoms with Crippen molar-refractivity contribution in [3.8, 4) is 0 Å². The topological polar surface area (TPSA) is 43.1 Å². The van der Waals surface area contributed by atoms with Gasteiger partial charge < -0.3 is 0 Å². The van der Waals surface area contributed by atoms with Gasteiger partial charge in [0.15, 0.2) is 0 Å². The van der Waals surface area contributed by atoms with Gasteiger partial charge in [0.1, 0.15) is 0 Å². The van der Waals surface area contributed by atoms with Gasteiger partial charge in [-0.2, -0.15) is 9.78 Å². The second-order valence-corrected chi connectivity index (χ2v) is 6.38. The molecular weight excluding hydrogens is 314 g/mol. The molecule has 8 heteroatoms. The lowest BCUT2D eigenvalue weighted by molar-refractivity contribution is 0.135. The molecule has 4 nitrogen and oxygen atoms in total. The minimum Gasteiger partial charge on any atom is -0.201 e. The Hall–Kier alpha value is -1.28. The van der Waals surface area contributed by atoms with E-state index in [0.717, 1.165) is 33.7 Å². The van der Waals surface area contributed by atoms with E-state index >= 15 is 0 Å². The summed E-state index contributed by atoms with van der Waals surface area (Å²) >= 11 is 2.91. The van der Waals surface area contributed by atoms with Gasteiger partial charge in [-0.05, 0) is 30.4 Å². The molecule has 0 saturated carbocycles. The maximum absolute atomic E-state index is 13.0. The fourth-order valence-electron chi connectivity index (χ4n) is 1.55. The lowest BCUT2D eigenvalue weighted by Gasteiger charge is -2.03. The van der Waals surface area contributed by atoms with E-state index in [-0.39, 0.29) is 0 Å².